The molecule has 5 heteroatoms. The summed E-state index contributed by atoms with van der Waals surface area (Å²) in [7, 11) is 0. The lowest BCUT2D eigenvalue weighted by Crippen LogP contribution is -2.33. The summed E-state index contributed by atoms with van der Waals surface area (Å²) in [5, 5.41) is 6.09. The van der Waals surface area contributed by atoms with Crippen molar-refractivity contribution < 1.29 is 9.21 Å². The first kappa shape index (κ1) is 12.1. The van der Waals surface area contributed by atoms with Crippen molar-refractivity contribution >= 4 is 5.91 Å². The summed E-state index contributed by atoms with van der Waals surface area (Å²) in [5.41, 5.74) is 0.880. The van der Waals surface area contributed by atoms with Crippen molar-refractivity contribution in [1.82, 2.24) is 15.6 Å². The van der Waals surface area contributed by atoms with E-state index < -0.39 is 0 Å². The van der Waals surface area contributed by atoms with E-state index in [-0.39, 0.29) is 11.8 Å². The van der Waals surface area contributed by atoms with Crippen LogP contribution in [0.2, 0.25) is 0 Å². The molecule has 2 unspecified atom stereocenters. The summed E-state index contributed by atoms with van der Waals surface area (Å²) in [5.74, 6) is 1.92. The monoisotopic (exact) mass is 237 g/mol. The highest BCUT2D eigenvalue weighted by Gasteiger charge is 2.29. The second-order valence-corrected chi connectivity index (χ2v) is 4.71. The molecule has 94 valence electrons. The van der Waals surface area contributed by atoms with Gasteiger partial charge in [-0.15, -0.1) is 0 Å². The minimum absolute atomic E-state index is 0.0622. The van der Waals surface area contributed by atoms with E-state index in [2.05, 4.69) is 22.5 Å². The molecule has 1 fully saturated rings. The van der Waals surface area contributed by atoms with Crippen LogP contribution >= 0.6 is 0 Å². The predicted molar refractivity (Wildman–Crippen MR) is 63.3 cm³/mol. The fraction of sp³-hybridized carbons (Fsp3) is 0.667. The summed E-state index contributed by atoms with van der Waals surface area (Å²) >= 11 is 0. The number of carbonyl (C=O) groups is 1. The van der Waals surface area contributed by atoms with Gasteiger partial charge >= 0.3 is 0 Å². The smallest absolute Gasteiger partial charge is 0.225 e. The fourth-order valence-electron chi connectivity index (χ4n) is 2.07. The SMILES string of the molecule is Cc1nc(CNC(=O)C2CNCC2C)oc1C. The summed E-state index contributed by atoms with van der Waals surface area (Å²) in [6.07, 6.45) is 0. The molecule has 1 amide bonds. The average molecular weight is 237 g/mol. The third-order valence-electron chi connectivity index (χ3n) is 3.34. The molecule has 0 aliphatic carbocycles. The molecule has 1 aliphatic heterocycles. The third-order valence-corrected chi connectivity index (χ3v) is 3.34. The van der Waals surface area contributed by atoms with Crippen LogP contribution in [0.15, 0.2) is 4.42 Å². The minimum atomic E-state index is 0.0622. The topological polar surface area (TPSA) is 67.2 Å². The van der Waals surface area contributed by atoms with Gasteiger partial charge in [0.1, 0.15) is 5.76 Å². The number of amides is 1. The van der Waals surface area contributed by atoms with Gasteiger partial charge in [0.15, 0.2) is 0 Å². The number of nitrogens with zero attached hydrogens (tertiary/aromatic N) is 1. The molecule has 2 heterocycles. The van der Waals surface area contributed by atoms with E-state index in [4.69, 9.17) is 4.42 Å². The first-order chi connectivity index (χ1) is 8.08. The second kappa shape index (κ2) is 4.87. The van der Waals surface area contributed by atoms with E-state index in [1.807, 2.05) is 13.8 Å². The van der Waals surface area contributed by atoms with E-state index in [1.54, 1.807) is 0 Å². The van der Waals surface area contributed by atoms with Crippen molar-refractivity contribution in [3.05, 3.63) is 17.3 Å². The quantitative estimate of drug-likeness (QED) is 0.814. The van der Waals surface area contributed by atoms with Crippen LogP contribution in [0.1, 0.15) is 24.3 Å². The zero-order valence-electron chi connectivity index (χ0n) is 10.5. The maximum absolute atomic E-state index is 11.9. The third kappa shape index (κ3) is 2.66. The lowest BCUT2D eigenvalue weighted by Gasteiger charge is -2.12. The van der Waals surface area contributed by atoms with Gasteiger partial charge in [-0.3, -0.25) is 4.79 Å². The van der Waals surface area contributed by atoms with Crippen molar-refractivity contribution in [3.8, 4) is 0 Å². The van der Waals surface area contributed by atoms with Gasteiger partial charge in [-0.1, -0.05) is 6.92 Å². The van der Waals surface area contributed by atoms with Crippen LogP contribution in [0.5, 0.6) is 0 Å². The fourth-order valence-corrected chi connectivity index (χ4v) is 2.07. The number of carbonyl (C=O) groups excluding carboxylic acids is 1. The molecule has 2 atom stereocenters. The maximum Gasteiger partial charge on any atom is 0.225 e. The van der Waals surface area contributed by atoms with Crippen molar-refractivity contribution in [1.29, 1.82) is 0 Å². The standard InChI is InChI=1S/C12H19N3O2/c1-7-4-13-5-10(7)12(16)14-6-11-15-8(2)9(3)17-11/h7,10,13H,4-6H2,1-3H3,(H,14,16). The zero-order chi connectivity index (χ0) is 12.4. The van der Waals surface area contributed by atoms with Crippen LogP contribution in [0.25, 0.3) is 0 Å². The molecule has 0 bridgehead atoms. The Morgan fingerprint density at radius 2 is 2.29 bits per heavy atom. The largest absolute Gasteiger partial charge is 0.444 e. The number of aromatic nitrogens is 1. The van der Waals surface area contributed by atoms with Crippen molar-refractivity contribution in [2.75, 3.05) is 13.1 Å². The van der Waals surface area contributed by atoms with Gasteiger partial charge in [0.25, 0.3) is 0 Å². The Morgan fingerprint density at radius 1 is 1.53 bits per heavy atom. The summed E-state index contributed by atoms with van der Waals surface area (Å²) in [6.45, 7) is 7.90. The Kier molecular flexibility index (Phi) is 3.47. The highest BCUT2D eigenvalue weighted by molar-refractivity contribution is 5.79. The first-order valence-corrected chi connectivity index (χ1v) is 5.99. The van der Waals surface area contributed by atoms with Gasteiger partial charge in [-0.05, 0) is 26.3 Å². The normalized spacial score (nSPS) is 23.9. The van der Waals surface area contributed by atoms with Crippen LogP contribution < -0.4 is 10.6 Å². The maximum atomic E-state index is 11.9. The molecule has 1 aliphatic rings. The highest BCUT2D eigenvalue weighted by Crippen LogP contribution is 2.16. The zero-order valence-corrected chi connectivity index (χ0v) is 10.5. The summed E-state index contributed by atoms with van der Waals surface area (Å²) < 4.78 is 5.41. The van der Waals surface area contributed by atoms with Crippen molar-refractivity contribution in [2.45, 2.75) is 27.3 Å². The van der Waals surface area contributed by atoms with Gasteiger partial charge in [-0.2, -0.15) is 0 Å². The minimum Gasteiger partial charge on any atom is -0.444 e. The number of rotatable bonds is 3. The van der Waals surface area contributed by atoms with Gasteiger partial charge in [0, 0.05) is 6.54 Å². The molecular formula is C12H19N3O2. The molecule has 1 saturated heterocycles. The molecule has 2 N–H and O–H groups in total. The Bertz CT molecular complexity index is 394. The Balaban J connectivity index is 1.87. The summed E-state index contributed by atoms with van der Waals surface area (Å²) in [4.78, 5) is 16.1. The molecular weight excluding hydrogens is 218 g/mol. The molecule has 0 spiro atoms. The molecule has 2 rings (SSSR count). The van der Waals surface area contributed by atoms with Gasteiger partial charge in [-0.25, -0.2) is 4.98 Å². The Morgan fingerprint density at radius 3 is 2.82 bits per heavy atom. The van der Waals surface area contributed by atoms with Crippen LogP contribution in [0.4, 0.5) is 0 Å². The van der Waals surface area contributed by atoms with Crippen LogP contribution in [-0.4, -0.2) is 24.0 Å². The molecule has 1 aromatic rings. The molecule has 0 saturated carbocycles. The number of nitrogens with one attached hydrogen (secondary N) is 2. The van der Waals surface area contributed by atoms with Gasteiger partial charge in [0.2, 0.25) is 11.8 Å². The van der Waals surface area contributed by atoms with Crippen molar-refractivity contribution in [2.24, 2.45) is 11.8 Å². The van der Waals surface area contributed by atoms with E-state index in [1.165, 1.54) is 0 Å². The second-order valence-electron chi connectivity index (χ2n) is 4.71. The van der Waals surface area contributed by atoms with E-state index in [0.29, 0.717) is 18.4 Å². The molecule has 0 radical (unpaired) electrons. The number of hydrogen-bond donors (Lipinski definition) is 2. The first-order valence-electron chi connectivity index (χ1n) is 5.99. The van der Waals surface area contributed by atoms with Gasteiger partial charge in [0.05, 0.1) is 18.2 Å². The molecule has 5 nitrogen and oxygen atoms in total. The van der Waals surface area contributed by atoms with Crippen molar-refractivity contribution in [3.63, 3.8) is 0 Å². The lowest BCUT2D eigenvalue weighted by atomic mass is 9.97. The van der Waals surface area contributed by atoms with E-state index in [0.717, 1.165) is 24.5 Å². The molecule has 17 heavy (non-hydrogen) atoms. The molecule has 0 aromatic carbocycles. The molecule has 1 aromatic heterocycles. The van der Waals surface area contributed by atoms with E-state index in [9.17, 15) is 4.79 Å². The van der Waals surface area contributed by atoms with Gasteiger partial charge < -0.3 is 15.1 Å². The number of hydrogen-bond acceptors (Lipinski definition) is 4. The average Bonchev–Trinajstić information content (AvgIpc) is 2.83. The summed E-state index contributed by atoms with van der Waals surface area (Å²) in [6, 6.07) is 0. The highest BCUT2D eigenvalue weighted by atomic mass is 16.4. The Labute approximate surface area is 101 Å². The van der Waals surface area contributed by atoms with Crippen LogP contribution in [0.3, 0.4) is 0 Å². The Hall–Kier alpha value is -1.36. The lowest BCUT2D eigenvalue weighted by molar-refractivity contribution is -0.125. The van der Waals surface area contributed by atoms with Crippen LogP contribution in [-0.2, 0) is 11.3 Å². The van der Waals surface area contributed by atoms with Crippen LogP contribution in [0, 0.1) is 25.7 Å². The predicted octanol–water partition coefficient (Wildman–Crippen LogP) is 0.763. The number of aryl methyl sites for hydroxylation is 2. The van der Waals surface area contributed by atoms with E-state index >= 15 is 0 Å². The number of oxazole rings is 1.